The summed E-state index contributed by atoms with van der Waals surface area (Å²) in [6.07, 6.45) is 0. The molecular weight excluding hydrogens is 264 g/mol. The number of nitrogens with two attached hydrogens (primary N) is 1. The molecule has 1 aromatic heterocycles. The van der Waals surface area contributed by atoms with Crippen LogP contribution >= 0.6 is 0 Å². The molecule has 0 aliphatic carbocycles. The summed E-state index contributed by atoms with van der Waals surface area (Å²) in [6.45, 7) is 1.96. The number of nitrogens with zero attached hydrogens (tertiary/aromatic N) is 1. The average molecular weight is 280 g/mol. The van der Waals surface area contributed by atoms with Gasteiger partial charge in [0.15, 0.2) is 5.75 Å². The van der Waals surface area contributed by atoms with Crippen LogP contribution in [0.1, 0.15) is 5.56 Å². The molecule has 4 nitrogen and oxygen atoms in total. The first-order valence-corrected chi connectivity index (χ1v) is 6.65. The SMILES string of the molecule is COc1ccc(N)c(Oc2nc3ccccc3cc2C)c1. The van der Waals surface area contributed by atoms with Crippen LogP contribution in [0, 0.1) is 6.92 Å². The average Bonchev–Trinajstić information content (AvgIpc) is 2.50. The van der Waals surface area contributed by atoms with Gasteiger partial charge in [0.2, 0.25) is 5.88 Å². The van der Waals surface area contributed by atoms with Gasteiger partial charge in [-0.2, -0.15) is 0 Å². The second-order valence-electron chi connectivity index (χ2n) is 4.81. The van der Waals surface area contributed by atoms with Crippen LogP contribution < -0.4 is 15.2 Å². The summed E-state index contributed by atoms with van der Waals surface area (Å²) in [4.78, 5) is 4.55. The van der Waals surface area contributed by atoms with E-state index in [1.807, 2.05) is 37.3 Å². The van der Waals surface area contributed by atoms with Crippen molar-refractivity contribution in [1.82, 2.24) is 4.98 Å². The molecular formula is C17H16N2O2. The zero-order valence-electron chi connectivity index (χ0n) is 12.0. The Balaban J connectivity index is 2.03. The van der Waals surface area contributed by atoms with Crippen LogP contribution in [0.2, 0.25) is 0 Å². The van der Waals surface area contributed by atoms with Crippen LogP contribution in [0.4, 0.5) is 5.69 Å². The summed E-state index contributed by atoms with van der Waals surface area (Å²) in [6, 6.07) is 15.3. The Hall–Kier alpha value is -2.75. The van der Waals surface area contributed by atoms with Crippen molar-refractivity contribution in [2.45, 2.75) is 6.92 Å². The monoisotopic (exact) mass is 280 g/mol. The van der Waals surface area contributed by atoms with Crippen LogP contribution in [-0.4, -0.2) is 12.1 Å². The molecule has 0 atom stereocenters. The van der Waals surface area contributed by atoms with E-state index in [2.05, 4.69) is 4.98 Å². The molecule has 0 saturated heterocycles. The number of fused-ring (bicyclic) bond motifs is 1. The molecule has 0 radical (unpaired) electrons. The number of ether oxygens (including phenoxy) is 2. The minimum atomic E-state index is 0.542. The fraction of sp³-hybridized carbons (Fsp3) is 0.118. The number of aryl methyl sites for hydroxylation is 1. The first kappa shape index (κ1) is 13.2. The first-order chi connectivity index (χ1) is 10.2. The number of hydrogen-bond donors (Lipinski definition) is 1. The van der Waals surface area contributed by atoms with E-state index < -0.39 is 0 Å². The van der Waals surface area contributed by atoms with Gasteiger partial charge in [-0.15, -0.1) is 0 Å². The fourth-order valence-corrected chi connectivity index (χ4v) is 2.14. The smallest absolute Gasteiger partial charge is 0.222 e. The third kappa shape index (κ3) is 2.60. The molecule has 21 heavy (non-hydrogen) atoms. The third-order valence-electron chi connectivity index (χ3n) is 3.30. The summed E-state index contributed by atoms with van der Waals surface area (Å²) in [7, 11) is 1.61. The molecule has 1 heterocycles. The number of para-hydroxylation sites is 1. The fourth-order valence-electron chi connectivity index (χ4n) is 2.14. The predicted octanol–water partition coefficient (Wildman–Crippen LogP) is 3.93. The van der Waals surface area contributed by atoms with Gasteiger partial charge >= 0.3 is 0 Å². The maximum Gasteiger partial charge on any atom is 0.222 e. The van der Waals surface area contributed by atoms with E-state index in [-0.39, 0.29) is 0 Å². The van der Waals surface area contributed by atoms with E-state index in [0.29, 0.717) is 23.1 Å². The summed E-state index contributed by atoms with van der Waals surface area (Å²) in [5.41, 5.74) is 8.34. The number of anilines is 1. The van der Waals surface area contributed by atoms with Gasteiger partial charge in [0, 0.05) is 17.0 Å². The van der Waals surface area contributed by atoms with E-state index in [4.69, 9.17) is 15.2 Å². The molecule has 0 unspecified atom stereocenters. The van der Waals surface area contributed by atoms with Crippen LogP contribution in [0.5, 0.6) is 17.4 Å². The predicted molar refractivity (Wildman–Crippen MR) is 84.0 cm³/mol. The second-order valence-corrected chi connectivity index (χ2v) is 4.81. The first-order valence-electron chi connectivity index (χ1n) is 6.65. The molecule has 3 rings (SSSR count). The standard InChI is InChI=1S/C17H16N2O2/c1-11-9-12-5-3-4-6-15(12)19-17(11)21-16-10-13(20-2)7-8-14(16)18/h3-10H,18H2,1-2H3. The van der Waals surface area contributed by atoms with Crippen molar-refractivity contribution in [3.63, 3.8) is 0 Å². The number of methoxy groups -OCH3 is 1. The number of pyridine rings is 1. The maximum absolute atomic E-state index is 5.95. The number of nitrogen functional groups attached to an aromatic ring is 1. The van der Waals surface area contributed by atoms with E-state index in [1.54, 1.807) is 25.3 Å². The molecule has 106 valence electrons. The van der Waals surface area contributed by atoms with Crippen LogP contribution in [-0.2, 0) is 0 Å². The molecule has 3 aromatic rings. The number of rotatable bonds is 3. The minimum absolute atomic E-state index is 0.542. The van der Waals surface area contributed by atoms with Crippen molar-refractivity contribution >= 4 is 16.6 Å². The van der Waals surface area contributed by atoms with E-state index in [0.717, 1.165) is 16.5 Å². The molecule has 0 saturated carbocycles. The highest BCUT2D eigenvalue weighted by Crippen LogP contribution is 2.32. The van der Waals surface area contributed by atoms with Crippen molar-refractivity contribution < 1.29 is 9.47 Å². The molecule has 0 bridgehead atoms. The van der Waals surface area contributed by atoms with Crippen molar-refractivity contribution in [2.24, 2.45) is 0 Å². The molecule has 0 amide bonds. The highest BCUT2D eigenvalue weighted by molar-refractivity contribution is 5.80. The van der Waals surface area contributed by atoms with Crippen molar-refractivity contribution in [1.29, 1.82) is 0 Å². The Morgan fingerprint density at radius 3 is 2.67 bits per heavy atom. The molecule has 2 aromatic carbocycles. The van der Waals surface area contributed by atoms with E-state index in [1.165, 1.54) is 0 Å². The zero-order valence-corrected chi connectivity index (χ0v) is 12.0. The third-order valence-corrected chi connectivity index (χ3v) is 3.30. The van der Waals surface area contributed by atoms with Gasteiger partial charge in [-0.1, -0.05) is 18.2 Å². The topological polar surface area (TPSA) is 57.4 Å². The molecule has 4 heteroatoms. The lowest BCUT2D eigenvalue weighted by Crippen LogP contribution is -1.97. The van der Waals surface area contributed by atoms with Crippen molar-refractivity contribution in [2.75, 3.05) is 12.8 Å². The lowest BCUT2D eigenvalue weighted by atomic mass is 10.2. The summed E-state index contributed by atoms with van der Waals surface area (Å²) >= 11 is 0. The Bertz CT molecular complexity index is 800. The Morgan fingerprint density at radius 2 is 1.86 bits per heavy atom. The van der Waals surface area contributed by atoms with E-state index >= 15 is 0 Å². The minimum Gasteiger partial charge on any atom is -0.497 e. The molecule has 0 fully saturated rings. The van der Waals surface area contributed by atoms with Gasteiger partial charge in [-0.3, -0.25) is 0 Å². The van der Waals surface area contributed by atoms with Gasteiger partial charge in [-0.05, 0) is 31.2 Å². The lowest BCUT2D eigenvalue weighted by Gasteiger charge is -2.12. The number of benzene rings is 2. The van der Waals surface area contributed by atoms with Gasteiger partial charge < -0.3 is 15.2 Å². The van der Waals surface area contributed by atoms with Crippen molar-refractivity contribution in [3.05, 3.63) is 54.1 Å². The highest BCUT2D eigenvalue weighted by Gasteiger charge is 2.09. The lowest BCUT2D eigenvalue weighted by molar-refractivity contribution is 0.407. The van der Waals surface area contributed by atoms with Crippen LogP contribution in [0.3, 0.4) is 0 Å². The van der Waals surface area contributed by atoms with Gasteiger partial charge in [0.05, 0.1) is 18.3 Å². The maximum atomic E-state index is 5.95. The zero-order chi connectivity index (χ0) is 14.8. The summed E-state index contributed by atoms with van der Waals surface area (Å²) < 4.78 is 11.1. The van der Waals surface area contributed by atoms with Crippen LogP contribution in [0.25, 0.3) is 10.9 Å². The second kappa shape index (κ2) is 5.32. The van der Waals surface area contributed by atoms with Crippen molar-refractivity contribution in [3.8, 4) is 17.4 Å². The molecule has 0 aliphatic rings. The largest absolute Gasteiger partial charge is 0.497 e. The Kier molecular flexibility index (Phi) is 3.36. The summed E-state index contributed by atoms with van der Waals surface area (Å²) in [5, 5.41) is 1.08. The Morgan fingerprint density at radius 1 is 1.05 bits per heavy atom. The molecule has 0 spiro atoms. The number of aromatic nitrogens is 1. The van der Waals surface area contributed by atoms with E-state index in [9.17, 15) is 0 Å². The summed E-state index contributed by atoms with van der Waals surface area (Å²) in [5.74, 6) is 1.78. The number of hydrogen-bond acceptors (Lipinski definition) is 4. The van der Waals surface area contributed by atoms with Gasteiger partial charge in [0.1, 0.15) is 5.75 Å². The normalized spacial score (nSPS) is 10.6. The van der Waals surface area contributed by atoms with Gasteiger partial charge in [0.25, 0.3) is 0 Å². The van der Waals surface area contributed by atoms with Gasteiger partial charge in [-0.25, -0.2) is 4.98 Å². The molecule has 0 aliphatic heterocycles. The highest BCUT2D eigenvalue weighted by atomic mass is 16.5. The molecule has 2 N–H and O–H groups in total. The van der Waals surface area contributed by atoms with Crippen LogP contribution in [0.15, 0.2) is 48.5 Å². The quantitative estimate of drug-likeness (QED) is 0.739. The Labute approximate surface area is 123 Å².